The Morgan fingerprint density at radius 1 is 0.808 bits per heavy atom. The van der Waals surface area contributed by atoms with Gasteiger partial charge in [0.25, 0.3) is 5.91 Å². The van der Waals surface area contributed by atoms with Crippen LogP contribution in [-0.4, -0.2) is 39.9 Å². The highest BCUT2D eigenvalue weighted by Crippen LogP contribution is 2.16. The van der Waals surface area contributed by atoms with Crippen molar-refractivity contribution in [1.29, 1.82) is 0 Å². The van der Waals surface area contributed by atoms with Crippen molar-refractivity contribution in [3.05, 3.63) is 54.1 Å². The van der Waals surface area contributed by atoms with Crippen molar-refractivity contribution in [1.82, 2.24) is 10.6 Å². The molecule has 0 saturated carbocycles. The maximum absolute atomic E-state index is 12.0. The Hall–Kier alpha value is -2.73. The molecule has 0 radical (unpaired) electrons. The number of benzene rings is 2. The van der Waals surface area contributed by atoms with E-state index < -0.39 is 0 Å². The van der Waals surface area contributed by atoms with E-state index in [0.29, 0.717) is 18.8 Å². The van der Waals surface area contributed by atoms with Crippen LogP contribution in [0.1, 0.15) is 23.2 Å². The Kier molecular flexibility index (Phi) is 8.29. The van der Waals surface area contributed by atoms with Gasteiger partial charge >= 0.3 is 0 Å². The Bertz CT molecular complexity index is 657. The maximum atomic E-state index is 12.0. The van der Waals surface area contributed by atoms with Gasteiger partial charge in [-0.25, -0.2) is 0 Å². The average molecular weight is 358 g/mol. The van der Waals surface area contributed by atoms with Crippen molar-refractivity contribution in [2.45, 2.75) is 12.8 Å². The minimum atomic E-state index is -0.0662. The Labute approximate surface area is 154 Å². The molecule has 0 atom stereocenters. The van der Waals surface area contributed by atoms with Gasteiger partial charge in [-0.05, 0) is 67.9 Å². The van der Waals surface area contributed by atoms with Crippen molar-refractivity contribution < 1.29 is 19.0 Å². The monoisotopic (exact) mass is 358 g/mol. The summed E-state index contributed by atoms with van der Waals surface area (Å²) in [5.41, 5.74) is 0.636. The Balaban J connectivity index is 1.51. The van der Waals surface area contributed by atoms with Crippen LogP contribution in [0.3, 0.4) is 0 Å². The first-order chi connectivity index (χ1) is 12.7. The first-order valence-electron chi connectivity index (χ1n) is 8.63. The van der Waals surface area contributed by atoms with Gasteiger partial charge in [0.2, 0.25) is 0 Å². The lowest BCUT2D eigenvalue weighted by Crippen LogP contribution is -2.26. The number of carbonyl (C=O) groups excluding carboxylic acids is 1. The minimum absolute atomic E-state index is 0.0662. The predicted molar refractivity (Wildman–Crippen MR) is 101 cm³/mol. The highest BCUT2D eigenvalue weighted by Gasteiger charge is 2.04. The first-order valence-corrected chi connectivity index (χ1v) is 8.63. The van der Waals surface area contributed by atoms with Crippen LogP contribution in [-0.2, 0) is 0 Å². The molecular weight excluding hydrogens is 332 g/mol. The zero-order valence-electron chi connectivity index (χ0n) is 15.3. The van der Waals surface area contributed by atoms with Gasteiger partial charge in [0.05, 0.1) is 14.2 Å². The molecule has 1 amide bonds. The van der Waals surface area contributed by atoms with Gasteiger partial charge in [0.15, 0.2) is 0 Å². The highest BCUT2D eigenvalue weighted by molar-refractivity contribution is 5.94. The quantitative estimate of drug-likeness (QED) is 0.477. The smallest absolute Gasteiger partial charge is 0.251 e. The summed E-state index contributed by atoms with van der Waals surface area (Å²) in [7, 11) is 3.24. The number of hydrogen-bond acceptors (Lipinski definition) is 5. The summed E-state index contributed by atoms with van der Waals surface area (Å²) in [6, 6.07) is 14.5. The molecular formula is C20H26N2O4. The van der Waals surface area contributed by atoms with Gasteiger partial charge in [-0.3, -0.25) is 10.1 Å². The zero-order chi connectivity index (χ0) is 18.6. The number of unbranched alkanes of at least 4 members (excludes halogenated alkanes) is 1. The van der Waals surface area contributed by atoms with E-state index in [0.717, 1.165) is 36.6 Å². The summed E-state index contributed by atoms with van der Waals surface area (Å²) in [5, 5.41) is 6.13. The zero-order valence-corrected chi connectivity index (χ0v) is 15.3. The molecule has 0 fully saturated rings. The van der Waals surface area contributed by atoms with Crippen molar-refractivity contribution in [2.24, 2.45) is 0 Å². The maximum Gasteiger partial charge on any atom is 0.251 e. The van der Waals surface area contributed by atoms with Crippen LogP contribution in [0.4, 0.5) is 0 Å². The van der Waals surface area contributed by atoms with Crippen LogP contribution in [0, 0.1) is 0 Å². The average Bonchev–Trinajstić information content (AvgIpc) is 2.70. The third-order valence-electron chi connectivity index (χ3n) is 3.82. The number of methoxy groups -OCH3 is 2. The van der Waals surface area contributed by atoms with Crippen LogP contribution in [0.15, 0.2) is 48.5 Å². The van der Waals surface area contributed by atoms with Gasteiger partial charge in [-0.15, -0.1) is 0 Å². The van der Waals surface area contributed by atoms with E-state index in [1.165, 1.54) is 0 Å². The lowest BCUT2D eigenvalue weighted by atomic mass is 10.2. The molecule has 26 heavy (non-hydrogen) atoms. The minimum Gasteiger partial charge on any atom is -0.497 e. The number of hydrogen-bond donors (Lipinski definition) is 2. The fourth-order valence-electron chi connectivity index (χ4n) is 2.30. The van der Waals surface area contributed by atoms with E-state index >= 15 is 0 Å². The van der Waals surface area contributed by atoms with Crippen molar-refractivity contribution in [2.75, 3.05) is 34.0 Å². The van der Waals surface area contributed by atoms with Gasteiger partial charge in [0, 0.05) is 12.1 Å². The molecule has 0 spiro atoms. The van der Waals surface area contributed by atoms with E-state index in [9.17, 15) is 4.79 Å². The molecule has 0 aliphatic heterocycles. The summed E-state index contributed by atoms with van der Waals surface area (Å²) in [5.74, 6) is 2.28. The summed E-state index contributed by atoms with van der Waals surface area (Å²) in [4.78, 5) is 12.0. The van der Waals surface area contributed by atoms with Crippen LogP contribution in [0.5, 0.6) is 17.2 Å². The van der Waals surface area contributed by atoms with E-state index in [1.54, 1.807) is 38.5 Å². The fourth-order valence-corrected chi connectivity index (χ4v) is 2.30. The molecule has 6 heteroatoms. The molecule has 0 unspecified atom stereocenters. The number of nitrogens with one attached hydrogen (secondary N) is 2. The molecule has 6 nitrogen and oxygen atoms in total. The molecule has 0 aliphatic rings. The number of ether oxygens (including phenoxy) is 3. The topological polar surface area (TPSA) is 68.8 Å². The molecule has 140 valence electrons. The van der Waals surface area contributed by atoms with Crippen molar-refractivity contribution >= 4 is 5.91 Å². The number of amides is 1. The molecule has 0 heterocycles. The Morgan fingerprint density at radius 3 is 1.96 bits per heavy atom. The third-order valence-corrected chi connectivity index (χ3v) is 3.82. The molecule has 2 N–H and O–H groups in total. The van der Waals surface area contributed by atoms with E-state index in [1.807, 2.05) is 24.3 Å². The van der Waals surface area contributed by atoms with E-state index in [-0.39, 0.29) is 5.91 Å². The number of carbonyl (C=O) groups is 1. The van der Waals surface area contributed by atoms with E-state index in [4.69, 9.17) is 14.2 Å². The summed E-state index contributed by atoms with van der Waals surface area (Å²) < 4.78 is 15.8. The second-order valence-electron chi connectivity index (χ2n) is 5.66. The third kappa shape index (κ3) is 6.64. The van der Waals surface area contributed by atoms with Crippen LogP contribution in [0.2, 0.25) is 0 Å². The van der Waals surface area contributed by atoms with Gasteiger partial charge < -0.3 is 19.5 Å². The van der Waals surface area contributed by atoms with Gasteiger partial charge in [0.1, 0.15) is 24.0 Å². The van der Waals surface area contributed by atoms with Gasteiger partial charge in [-0.1, -0.05) is 0 Å². The summed E-state index contributed by atoms with van der Waals surface area (Å²) in [6.45, 7) is 1.92. The molecule has 2 rings (SSSR count). The molecule has 0 bridgehead atoms. The van der Waals surface area contributed by atoms with Crippen LogP contribution in [0.25, 0.3) is 0 Å². The van der Waals surface area contributed by atoms with Crippen molar-refractivity contribution in [3.8, 4) is 17.2 Å². The first kappa shape index (κ1) is 19.6. The highest BCUT2D eigenvalue weighted by atomic mass is 16.5. The summed E-state index contributed by atoms with van der Waals surface area (Å²) in [6.07, 6.45) is 1.85. The predicted octanol–water partition coefficient (Wildman–Crippen LogP) is 2.84. The fraction of sp³-hybridized carbons (Fsp3) is 0.350. The molecule has 2 aromatic carbocycles. The molecule has 0 aromatic heterocycles. The Morgan fingerprint density at radius 2 is 1.35 bits per heavy atom. The summed E-state index contributed by atoms with van der Waals surface area (Å²) >= 11 is 0. The van der Waals surface area contributed by atoms with Crippen LogP contribution < -0.4 is 24.8 Å². The second-order valence-corrected chi connectivity index (χ2v) is 5.66. The van der Waals surface area contributed by atoms with E-state index in [2.05, 4.69) is 10.6 Å². The number of rotatable bonds is 11. The molecule has 0 saturated heterocycles. The molecule has 2 aromatic rings. The standard InChI is InChI=1S/C20H26N2O4/c1-24-17-7-5-16(6-8-17)20(23)22-14-4-3-13-21-15-26-19-11-9-18(25-2)10-12-19/h5-12,21H,3-4,13-15H2,1-2H3,(H,22,23). The SMILES string of the molecule is COc1ccc(OCNCCCCNC(=O)c2ccc(OC)cc2)cc1. The second kappa shape index (κ2) is 11.0. The van der Waals surface area contributed by atoms with Crippen molar-refractivity contribution in [3.63, 3.8) is 0 Å². The van der Waals surface area contributed by atoms with Crippen LogP contribution >= 0.6 is 0 Å². The molecule has 0 aliphatic carbocycles. The van der Waals surface area contributed by atoms with Gasteiger partial charge in [-0.2, -0.15) is 0 Å². The lowest BCUT2D eigenvalue weighted by molar-refractivity contribution is 0.0953. The lowest BCUT2D eigenvalue weighted by Gasteiger charge is -2.09. The largest absolute Gasteiger partial charge is 0.497 e. The normalized spacial score (nSPS) is 10.2.